The predicted molar refractivity (Wildman–Crippen MR) is 65.0 cm³/mol. The van der Waals surface area contributed by atoms with Crippen molar-refractivity contribution in [3.05, 3.63) is 23.9 Å². The maximum absolute atomic E-state index is 12.4. The van der Waals surface area contributed by atoms with E-state index in [9.17, 15) is 13.2 Å². The largest absolute Gasteiger partial charge is 0.417 e. The van der Waals surface area contributed by atoms with E-state index >= 15 is 0 Å². The third-order valence-electron chi connectivity index (χ3n) is 2.94. The normalized spacial score (nSPS) is 21.4. The number of alkyl halides is 3. The molecule has 0 aliphatic carbocycles. The Bertz CT molecular complexity index is 408. The summed E-state index contributed by atoms with van der Waals surface area (Å²) >= 11 is 0. The van der Waals surface area contributed by atoms with Crippen LogP contribution in [0.15, 0.2) is 18.3 Å². The van der Waals surface area contributed by atoms with E-state index < -0.39 is 11.7 Å². The van der Waals surface area contributed by atoms with Crippen LogP contribution in [0.4, 0.5) is 19.0 Å². The fourth-order valence-electron chi connectivity index (χ4n) is 1.87. The smallest absolute Gasteiger partial charge is 0.374 e. The standard InChI is InChI=1S/C12H16F3N3O/c1-18-4-5-19-10(8-18)7-17-11-3-2-9(6-16-11)12(13,14)15/h2-3,6,10H,4-5,7-8H2,1H3,(H,16,17). The van der Waals surface area contributed by atoms with Crippen molar-refractivity contribution < 1.29 is 17.9 Å². The molecule has 0 saturated carbocycles. The summed E-state index contributed by atoms with van der Waals surface area (Å²) in [5.74, 6) is 0.421. The first kappa shape index (κ1) is 14.1. The maximum atomic E-state index is 12.4. The van der Waals surface area contributed by atoms with Gasteiger partial charge >= 0.3 is 6.18 Å². The Labute approximate surface area is 109 Å². The van der Waals surface area contributed by atoms with Crippen LogP contribution in [0.25, 0.3) is 0 Å². The zero-order valence-electron chi connectivity index (χ0n) is 10.6. The fraction of sp³-hybridized carbons (Fsp3) is 0.583. The van der Waals surface area contributed by atoms with E-state index in [1.54, 1.807) is 0 Å². The highest BCUT2D eigenvalue weighted by Gasteiger charge is 2.30. The molecule has 19 heavy (non-hydrogen) atoms. The molecule has 7 heteroatoms. The van der Waals surface area contributed by atoms with Crippen molar-refractivity contribution in [1.29, 1.82) is 0 Å². The molecule has 1 atom stereocenters. The second-order valence-corrected chi connectivity index (χ2v) is 4.57. The first-order valence-electron chi connectivity index (χ1n) is 6.02. The monoisotopic (exact) mass is 275 g/mol. The maximum Gasteiger partial charge on any atom is 0.417 e. The summed E-state index contributed by atoms with van der Waals surface area (Å²) < 4.78 is 42.6. The number of nitrogens with zero attached hydrogens (tertiary/aromatic N) is 2. The number of rotatable bonds is 3. The number of morpholine rings is 1. The molecule has 1 aromatic heterocycles. The van der Waals surface area contributed by atoms with Gasteiger partial charge in [-0.1, -0.05) is 0 Å². The van der Waals surface area contributed by atoms with Gasteiger partial charge in [0.15, 0.2) is 0 Å². The van der Waals surface area contributed by atoms with Crippen LogP contribution in [-0.4, -0.2) is 49.3 Å². The van der Waals surface area contributed by atoms with Gasteiger partial charge < -0.3 is 15.0 Å². The summed E-state index contributed by atoms with van der Waals surface area (Å²) in [5.41, 5.74) is -0.744. The molecule has 2 heterocycles. The van der Waals surface area contributed by atoms with Gasteiger partial charge in [-0.15, -0.1) is 0 Å². The number of nitrogens with one attached hydrogen (secondary N) is 1. The summed E-state index contributed by atoms with van der Waals surface area (Å²) in [4.78, 5) is 5.90. The molecule has 1 aliphatic rings. The highest BCUT2D eigenvalue weighted by atomic mass is 19.4. The molecule has 0 radical (unpaired) electrons. The highest BCUT2D eigenvalue weighted by molar-refractivity contribution is 5.36. The minimum Gasteiger partial charge on any atom is -0.374 e. The first-order chi connectivity index (χ1) is 8.95. The van der Waals surface area contributed by atoms with Gasteiger partial charge in [0.2, 0.25) is 0 Å². The molecule has 0 aromatic carbocycles. The summed E-state index contributed by atoms with van der Waals surface area (Å²) in [6, 6.07) is 2.35. The molecule has 4 nitrogen and oxygen atoms in total. The van der Waals surface area contributed by atoms with Gasteiger partial charge in [-0.25, -0.2) is 4.98 Å². The van der Waals surface area contributed by atoms with E-state index in [0.717, 1.165) is 25.4 Å². The average molecular weight is 275 g/mol. The second kappa shape index (κ2) is 5.75. The van der Waals surface area contributed by atoms with E-state index in [0.29, 0.717) is 19.0 Å². The molecule has 1 aromatic rings. The Hall–Kier alpha value is -1.34. The van der Waals surface area contributed by atoms with Crippen LogP contribution in [-0.2, 0) is 10.9 Å². The molecule has 1 fully saturated rings. The van der Waals surface area contributed by atoms with Crippen molar-refractivity contribution in [2.75, 3.05) is 38.6 Å². The Morgan fingerprint density at radius 3 is 2.84 bits per heavy atom. The number of hydrogen-bond donors (Lipinski definition) is 1. The molecular formula is C12H16F3N3O. The molecule has 1 aliphatic heterocycles. The van der Waals surface area contributed by atoms with Crippen LogP contribution in [0.1, 0.15) is 5.56 Å². The summed E-state index contributed by atoms with van der Waals surface area (Å²) in [6.07, 6.45) is -3.49. The van der Waals surface area contributed by atoms with E-state index in [4.69, 9.17) is 4.74 Å². The number of hydrogen-bond acceptors (Lipinski definition) is 4. The lowest BCUT2D eigenvalue weighted by molar-refractivity contribution is -0.137. The second-order valence-electron chi connectivity index (χ2n) is 4.57. The summed E-state index contributed by atoms with van der Waals surface area (Å²) in [6.45, 7) is 2.90. The molecule has 2 rings (SSSR count). The number of anilines is 1. The Balaban J connectivity index is 1.86. The number of halogens is 3. The Kier molecular flexibility index (Phi) is 4.26. The van der Waals surface area contributed by atoms with Crippen molar-refractivity contribution in [3.63, 3.8) is 0 Å². The van der Waals surface area contributed by atoms with E-state index in [2.05, 4.69) is 15.2 Å². The molecule has 0 spiro atoms. The van der Waals surface area contributed by atoms with Gasteiger partial charge in [-0.2, -0.15) is 13.2 Å². The van der Waals surface area contributed by atoms with Crippen LogP contribution in [0.5, 0.6) is 0 Å². The van der Waals surface area contributed by atoms with Gasteiger partial charge in [0.1, 0.15) is 5.82 Å². The minimum absolute atomic E-state index is 0.0304. The van der Waals surface area contributed by atoms with Gasteiger partial charge in [-0.05, 0) is 19.2 Å². The molecular weight excluding hydrogens is 259 g/mol. The number of aromatic nitrogens is 1. The number of pyridine rings is 1. The van der Waals surface area contributed by atoms with E-state index in [-0.39, 0.29) is 6.10 Å². The lowest BCUT2D eigenvalue weighted by Crippen LogP contribution is -2.43. The minimum atomic E-state index is -4.35. The molecule has 0 bridgehead atoms. The number of ether oxygens (including phenoxy) is 1. The van der Waals surface area contributed by atoms with Gasteiger partial charge in [0, 0.05) is 25.8 Å². The Morgan fingerprint density at radius 2 is 2.26 bits per heavy atom. The van der Waals surface area contributed by atoms with Crippen molar-refractivity contribution in [1.82, 2.24) is 9.88 Å². The van der Waals surface area contributed by atoms with Crippen LogP contribution < -0.4 is 5.32 Å². The van der Waals surface area contributed by atoms with Crippen LogP contribution in [0.2, 0.25) is 0 Å². The van der Waals surface area contributed by atoms with Crippen molar-refractivity contribution >= 4 is 5.82 Å². The van der Waals surface area contributed by atoms with E-state index in [1.165, 1.54) is 6.07 Å². The first-order valence-corrected chi connectivity index (χ1v) is 6.02. The van der Waals surface area contributed by atoms with Crippen LogP contribution >= 0.6 is 0 Å². The molecule has 1 saturated heterocycles. The van der Waals surface area contributed by atoms with Crippen LogP contribution in [0, 0.1) is 0 Å². The fourth-order valence-corrected chi connectivity index (χ4v) is 1.87. The molecule has 1 N–H and O–H groups in total. The lowest BCUT2D eigenvalue weighted by atomic mass is 10.2. The SMILES string of the molecule is CN1CCOC(CNc2ccc(C(F)(F)F)cn2)C1. The van der Waals surface area contributed by atoms with Gasteiger partial charge in [0.25, 0.3) is 0 Å². The van der Waals surface area contributed by atoms with Gasteiger partial charge in [-0.3, -0.25) is 0 Å². The quantitative estimate of drug-likeness (QED) is 0.913. The van der Waals surface area contributed by atoms with Crippen molar-refractivity contribution in [2.45, 2.75) is 12.3 Å². The molecule has 106 valence electrons. The van der Waals surface area contributed by atoms with E-state index in [1.807, 2.05) is 7.05 Å². The summed E-state index contributed by atoms with van der Waals surface area (Å²) in [7, 11) is 2.01. The van der Waals surface area contributed by atoms with Crippen LogP contribution in [0.3, 0.4) is 0 Å². The topological polar surface area (TPSA) is 37.4 Å². The zero-order chi connectivity index (χ0) is 13.9. The van der Waals surface area contributed by atoms with Crippen molar-refractivity contribution in [2.24, 2.45) is 0 Å². The third-order valence-corrected chi connectivity index (χ3v) is 2.94. The average Bonchev–Trinajstić information content (AvgIpc) is 2.36. The molecule has 0 amide bonds. The Morgan fingerprint density at radius 1 is 1.47 bits per heavy atom. The van der Waals surface area contributed by atoms with Gasteiger partial charge in [0.05, 0.1) is 18.3 Å². The summed E-state index contributed by atoms with van der Waals surface area (Å²) in [5, 5.41) is 2.98. The number of likely N-dealkylation sites (N-methyl/N-ethyl adjacent to an activating group) is 1. The lowest BCUT2D eigenvalue weighted by Gasteiger charge is -2.30. The zero-order valence-corrected chi connectivity index (χ0v) is 10.6. The predicted octanol–water partition coefficient (Wildman–Crippen LogP) is 1.84. The third kappa shape index (κ3) is 4.07. The molecule has 1 unspecified atom stereocenters. The van der Waals surface area contributed by atoms with Crippen molar-refractivity contribution in [3.8, 4) is 0 Å². The highest BCUT2D eigenvalue weighted by Crippen LogP contribution is 2.28.